The lowest BCUT2D eigenvalue weighted by Crippen LogP contribution is -2.33. The van der Waals surface area contributed by atoms with Gasteiger partial charge in [0.05, 0.1) is 12.8 Å². The van der Waals surface area contributed by atoms with Gasteiger partial charge in [-0.3, -0.25) is 9.78 Å². The Morgan fingerprint density at radius 3 is 2.82 bits per heavy atom. The highest BCUT2D eigenvalue weighted by atomic mass is 19.1. The maximum absolute atomic E-state index is 12.6. The standard InChI is InChI=1S/C12H17FN2O2/c1-9(8-16)15(2)6-5-12(17)11-4-3-10(13)7-14-11/h3-4,7,9,16H,5-6,8H2,1-2H3. The zero-order valence-electron chi connectivity index (χ0n) is 10.1. The van der Waals surface area contributed by atoms with E-state index in [4.69, 9.17) is 5.11 Å². The topological polar surface area (TPSA) is 53.4 Å². The SMILES string of the molecule is CC(CO)N(C)CCC(=O)c1ccc(F)cn1. The molecule has 0 aliphatic heterocycles. The third-order valence-electron chi connectivity index (χ3n) is 2.72. The molecule has 0 spiro atoms. The molecule has 0 bridgehead atoms. The fourth-order valence-electron chi connectivity index (χ4n) is 1.31. The van der Waals surface area contributed by atoms with E-state index < -0.39 is 5.82 Å². The molecule has 1 N–H and O–H groups in total. The molecule has 0 aliphatic rings. The number of likely N-dealkylation sites (N-methyl/N-ethyl adjacent to an activating group) is 1. The van der Waals surface area contributed by atoms with Crippen molar-refractivity contribution < 1.29 is 14.3 Å². The van der Waals surface area contributed by atoms with Crippen molar-refractivity contribution in [2.24, 2.45) is 0 Å². The number of rotatable bonds is 6. The van der Waals surface area contributed by atoms with Gasteiger partial charge in [-0.15, -0.1) is 0 Å². The fraction of sp³-hybridized carbons (Fsp3) is 0.500. The van der Waals surface area contributed by atoms with Gasteiger partial charge in [0.2, 0.25) is 0 Å². The van der Waals surface area contributed by atoms with E-state index in [2.05, 4.69) is 4.98 Å². The number of aliphatic hydroxyl groups is 1. The largest absolute Gasteiger partial charge is 0.395 e. The van der Waals surface area contributed by atoms with Crippen molar-refractivity contribution >= 4 is 5.78 Å². The minimum Gasteiger partial charge on any atom is -0.395 e. The number of hydrogen-bond donors (Lipinski definition) is 1. The number of carbonyl (C=O) groups is 1. The van der Waals surface area contributed by atoms with Gasteiger partial charge in [-0.2, -0.15) is 0 Å². The van der Waals surface area contributed by atoms with E-state index in [1.54, 1.807) is 0 Å². The number of hydrogen-bond acceptors (Lipinski definition) is 4. The van der Waals surface area contributed by atoms with Crippen LogP contribution < -0.4 is 0 Å². The molecule has 1 rings (SSSR count). The van der Waals surface area contributed by atoms with Crippen molar-refractivity contribution in [2.45, 2.75) is 19.4 Å². The van der Waals surface area contributed by atoms with Crippen LogP contribution in [0.3, 0.4) is 0 Å². The van der Waals surface area contributed by atoms with Gasteiger partial charge in [-0.25, -0.2) is 4.39 Å². The summed E-state index contributed by atoms with van der Waals surface area (Å²) in [5, 5.41) is 8.94. The molecule has 17 heavy (non-hydrogen) atoms. The molecule has 5 heteroatoms. The molecule has 0 amide bonds. The summed E-state index contributed by atoms with van der Waals surface area (Å²) in [6.45, 7) is 2.47. The number of ketones is 1. The first-order valence-electron chi connectivity index (χ1n) is 5.50. The van der Waals surface area contributed by atoms with Gasteiger partial charge in [0.15, 0.2) is 5.78 Å². The molecule has 1 aromatic rings. The Morgan fingerprint density at radius 2 is 2.29 bits per heavy atom. The highest BCUT2D eigenvalue weighted by Crippen LogP contribution is 2.04. The highest BCUT2D eigenvalue weighted by Gasteiger charge is 2.12. The van der Waals surface area contributed by atoms with Crippen LogP contribution in [0, 0.1) is 5.82 Å². The number of pyridine rings is 1. The fourth-order valence-corrected chi connectivity index (χ4v) is 1.31. The number of Topliss-reactive ketones (excluding diaryl/α,β-unsaturated/α-hetero) is 1. The van der Waals surface area contributed by atoms with Crippen molar-refractivity contribution in [1.29, 1.82) is 0 Å². The smallest absolute Gasteiger partial charge is 0.182 e. The number of aliphatic hydroxyl groups excluding tert-OH is 1. The molecule has 1 atom stereocenters. The monoisotopic (exact) mass is 240 g/mol. The third-order valence-corrected chi connectivity index (χ3v) is 2.72. The molecule has 0 aromatic carbocycles. The zero-order chi connectivity index (χ0) is 12.8. The Hall–Kier alpha value is -1.33. The van der Waals surface area contributed by atoms with Crippen molar-refractivity contribution in [3.05, 3.63) is 29.8 Å². The van der Waals surface area contributed by atoms with Crippen LogP contribution in [0.5, 0.6) is 0 Å². The first-order chi connectivity index (χ1) is 8.04. The van der Waals surface area contributed by atoms with Crippen molar-refractivity contribution in [2.75, 3.05) is 20.2 Å². The van der Waals surface area contributed by atoms with Crippen molar-refractivity contribution in [3.63, 3.8) is 0 Å². The van der Waals surface area contributed by atoms with Crippen LogP contribution in [0.1, 0.15) is 23.8 Å². The van der Waals surface area contributed by atoms with Crippen LogP contribution in [0.25, 0.3) is 0 Å². The maximum atomic E-state index is 12.6. The van der Waals surface area contributed by atoms with E-state index in [1.807, 2.05) is 18.9 Å². The van der Waals surface area contributed by atoms with Gasteiger partial charge >= 0.3 is 0 Å². The molecule has 0 fully saturated rings. The molecule has 1 heterocycles. The summed E-state index contributed by atoms with van der Waals surface area (Å²) >= 11 is 0. The highest BCUT2D eigenvalue weighted by molar-refractivity contribution is 5.94. The van der Waals surface area contributed by atoms with Gasteiger partial charge in [0.1, 0.15) is 11.5 Å². The van der Waals surface area contributed by atoms with E-state index in [1.165, 1.54) is 12.1 Å². The molecule has 0 saturated carbocycles. The predicted octanol–water partition coefficient (Wildman–Crippen LogP) is 1.11. The van der Waals surface area contributed by atoms with Gasteiger partial charge in [0, 0.05) is 19.0 Å². The maximum Gasteiger partial charge on any atom is 0.182 e. The predicted molar refractivity (Wildman–Crippen MR) is 62.3 cm³/mol. The lowest BCUT2D eigenvalue weighted by Gasteiger charge is -2.22. The Morgan fingerprint density at radius 1 is 1.59 bits per heavy atom. The summed E-state index contributed by atoms with van der Waals surface area (Å²) in [5.74, 6) is -0.574. The van der Waals surface area contributed by atoms with E-state index in [0.717, 1.165) is 6.20 Å². The average molecular weight is 240 g/mol. The normalized spacial score (nSPS) is 12.8. The number of aromatic nitrogens is 1. The molecule has 0 aliphatic carbocycles. The minimum atomic E-state index is -0.451. The summed E-state index contributed by atoms with van der Waals surface area (Å²) in [4.78, 5) is 17.3. The van der Waals surface area contributed by atoms with Gasteiger partial charge in [0.25, 0.3) is 0 Å². The van der Waals surface area contributed by atoms with Crippen molar-refractivity contribution in [3.8, 4) is 0 Å². The van der Waals surface area contributed by atoms with Crippen LogP contribution in [0.15, 0.2) is 18.3 Å². The first kappa shape index (κ1) is 13.7. The first-order valence-corrected chi connectivity index (χ1v) is 5.50. The molecule has 4 nitrogen and oxygen atoms in total. The average Bonchev–Trinajstić information content (AvgIpc) is 2.35. The van der Waals surface area contributed by atoms with E-state index >= 15 is 0 Å². The summed E-state index contributed by atoms with van der Waals surface area (Å²) in [6.07, 6.45) is 1.34. The second kappa shape index (κ2) is 6.42. The van der Waals surface area contributed by atoms with E-state index in [9.17, 15) is 9.18 Å². The van der Waals surface area contributed by atoms with E-state index in [-0.39, 0.29) is 24.1 Å². The molecule has 1 unspecified atom stereocenters. The Balaban J connectivity index is 2.47. The lowest BCUT2D eigenvalue weighted by atomic mass is 10.2. The zero-order valence-corrected chi connectivity index (χ0v) is 10.1. The minimum absolute atomic E-state index is 0.0176. The van der Waals surface area contributed by atoms with Crippen LogP contribution in [0.2, 0.25) is 0 Å². The van der Waals surface area contributed by atoms with E-state index in [0.29, 0.717) is 13.0 Å². The molecular formula is C12H17FN2O2. The molecule has 0 saturated heterocycles. The number of carbonyl (C=O) groups excluding carboxylic acids is 1. The van der Waals surface area contributed by atoms with Crippen LogP contribution in [-0.4, -0.2) is 47.0 Å². The molecule has 0 radical (unpaired) electrons. The quantitative estimate of drug-likeness (QED) is 0.757. The van der Waals surface area contributed by atoms with Crippen molar-refractivity contribution in [1.82, 2.24) is 9.88 Å². The molecule has 94 valence electrons. The van der Waals surface area contributed by atoms with Gasteiger partial charge in [-0.05, 0) is 26.1 Å². The number of halogens is 1. The Kier molecular flexibility index (Phi) is 5.18. The van der Waals surface area contributed by atoms with Crippen LogP contribution in [-0.2, 0) is 0 Å². The third kappa shape index (κ3) is 4.20. The van der Waals surface area contributed by atoms with Crippen LogP contribution >= 0.6 is 0 Å². The number of nitrogens with zero attached hydrogens (tertiary/aromatic N) is 2. The summed E-state index contributed by atoms with van der Waals surface area (Å²) in [6, 6.07) is 2.62. The summed E-state index contributed by atoms with van der Waals surface area (Å²) < 4.78 is 12.6. The summed E-state index contributed by atoms with van der Waals surface area (Å²) in [7, 11) is 1.84. The molecule has 1 aromatic heterocycles. The Labute approximate surface area is 100 Å². The second-order valence-electron chi connectivity index (χ2n) is 4.05. The van der Waals surface area contributed by atoms with Gasteiger partial charge < -0.3 is 10.0 Å². The van der Waals surface area contributed by atoms with Gasteiger partial charge in [-0.1, -0.05) is 0 Å². The molecular weight excluding hydrogens is 223 g/mol. The lowest BCUT2D eigenvalue weighted by molar-refractivity contribution is 0.0942. The van der Waals surface area contributed by atoms with Crippen LogP contribution in [0.4, 0.5) is 4.39 Å². The summed E-state index contributed by atoms with van der Waals surface area (Å²) in [5.41, 5.74) is 0.274. The Bertz CT molecular complexity index is 367. The second-order valence-corrected chi connectivity index (χ2v) is 4.05.